The second-order valence-corrected chi connectivity index (χ2v) is 22.0. The molecule has 0 aromatic rings. The highest BCUT2D eigenvalue weighted by Crippen LogP contribution is 2.38. The normalized spacial score (nSPS) is 14.1. The number of nitrogens with zero attached hydrogens (tertiary/aromatic N) is 1. The van der Waals surface area contributed by atoms with Crippen molar-refractivity contribution in [2.45, 2.75) is 238 Å². The van der Waals surface area contributed by atoms with Gasteiger partial charge in [-0.1, -0.05) is 232 Å². The van der Waals surface area contributed by atoms with Crippen molar-refractivity contribution in [2.24, 2.45) is 0 Å². The van der Waals surface area contributed by atoms with Crippen LogP contribution in [-0.2, 0) is 32.7 Å². The first-order chi connectivity index (χ1) is 36.0. The molecule has 74 heavy (non-hydrogen) atoms. The highest BCUT2D eigenvalue weighted by molar-refractivity contribution is 7.45. The Bertz CT molecular complexity index is 1620. The lowest BCUT2D eigenvalue weighted by Gasteiger charge is -2.28. The number of carbonyl (C=O) groups excluding carboxylic acids is 2. The van der Waals surface area contributed by atoms with Crippen LogP contribution in [-0.4, -0.2) is 70.0 Å². The van der Waals surface area contributed by atoms with Crippen molar-refractivity contribution in [3.63, 3.8) is 0 Å². The minimum absolute atomic E-state index is 0.0391. The molecule has 0 bridgehead atoms. The van der Waals surface area contributed by atoms with Gasteiger partial charge in [-0.05, 0) is 96.3 Å². The molecular formula is C64H110NO8P. The van der Waals surface area contributed by atoms with Gasteiger partial charge in [-0.25, -0.2) is 0 Å². The first-order valence-electron chi connectivity index (χ1n) is 29.6. The molecule has 0 radical (unpaired) electrons. The monoisotopic (exact) mass is 1050 g/mol. The van der Waals surface area contributed by atoms with Crippen LogP contribution in [0.5, 0.6) is 0 Å². The maximum absolute atomic E-state index is 12.8. The van der Waals surface area contributed by atoms with Crippen LogP contribution >= 0.6 is 7.82 Å². The van der Waals surface area contributed by atoms with Gasteiger partial charge in [-0.2, -0.15) is 0 Å². The Morgan fingerprint density at radius 3 is 1.09 bits per heavy atom. The molecule has 0 aromatic heterocycles. The van der Waals surface area contributed by atoms with Crippen LogP contribution in [0.1, 0.15) is 232 Å². The summed E-state index contributed by atoms with van der Waals surface area (Å²) in [6.07, 6.45) is 75.9. The molecule has 0 amide bonds. The smallest absolute Gasteiger partial charge is 0.306 e. The molecule has 10 heteroatoms. The summed E-state index contributed by atoms with van der Waals surface area (Å²) in [5.74, 6) is -0.869. The summed E-state index contributed by atoms with van der Waals surface area (Å²) in [4.78, 5) is 37.8. The lowest BCUT2D eigenvalue weighted by molar-refractivity contribution is -0.870. The van der Waals surface area contributed by atoms with E-state index in [1.54, 1.807) is 0 Å². The summed E-state index contributed by atoms with van der Waals surface area (Å²) >= 11 is 0. The Kier molecular flexibility index (Phi) is 52.0. The van der Waals surface area contributed by atoms with E-state index in [0.29, 0.717) is 23.9 Å². The van der Waals surface area contributed by atoms with E-state index >= 15 is 0 Å². The molecule has 0 fully saturated rings. The van der Waals surface area contributed by atoms with Gasteiger partial charge in [-0.3, -0.25) is 14.2 Å². The van der Waals surface area contributed by atoms with Crippen LogP contribution in [0.2, 0.25) is 0 Å². The molecule has 0 aliphatic heterocycles. The standard InChI is InChI=1S/C64H110NO8P/c1-6-8-10-12-14-16-18-20-21-22-23-24-25-26-27-28-29-30-31-32-33-34-35-36-37-38-39-40-41-42-43-45-47-49-51-53-55-57-64(67)73-62(61-72-74(68,69)71-59-58-65(3,4)5)60-70-63(66)56-54-52-50-48-46-44-19-17-15-13-11-9-7-2/h8-11,14-17,20-21,23-24,26-27,29-30,44,46,62H,6-7,12-13,18-19,22,25,28,31-43,45,47-61H2,1-5H3/b10-8-,11-9-,16-14-,17-15-,21-20-,24-23-,27-26-,30-29-,46-44-. The molecule has 0 rings (SSSR count). The largest absolute Gasteiger partial charge is 0.756 e. The molecule has 0 aliphatic rings. The number of likely N-dealkylation sites (N-methyl/N-ethyl adjacent to an activating group) is 1. The van der Waals surface area contributed by atoms with Crippen molar-refractivity contribution in [3.05, 3.63) is 109 Å². The second kappa shape index (κ2) is 54.5. The van der Waals surface area contributed by atoms with E-state index in [-0.39, 0.29) is 26.1 Å². The van der Waals surface area contributed by atoms with Crippen molar-refractivity contribution in [2.75, 3.05) is 47.5 Å². The highest BCUT2D eigenvalue weighted by atomic mass is 31.2. The highest BCUT2D eigenvalue weighted by Gasteiger charge is 2.21. The predicted molar refractivity (Wildman–Crippen MR) is 314 cm³/mol. The van der Waals surface area contributed by atoms with E-state index in [2.05, 4.69) is 123 Å². The van der Waals surface area contributed by atoms with E-state index in [1.165, 1.54) is 96.3 Å². The lowest BCUT2D eigenvalue weighted by atomic mass is 10.0. The Hall–Kier alpha value is -3.33. The fourth-order valence-corrected chi connectivity index (χ4v) is 8.52. The second-order valence-electron chi connectivity index (χ2n) is 20.6. The van der Waals surface area contributed by atoms with E-state index in [0.717, 1.165) is 96.3 Å². The number of unbranched alkanes of at least 4 members (excludes halogenated alkanes) is 21. The number of hydrogen-bond donors (Lipinski definition) is 0. The average molecular weight is 1050 g/mol. The molecule has 0 saturated carbocycles. The average Bonchev–Trinajstić information content (AvgIpc) is 3.36. The summed E-state index contributed by atoms with van der Waals surface area (Å²) in [7, 11) is 1.14. The molecule has 0 aromatic carbocycles. The van der Waals surface area contributed by atoms with Gasteiger partial charge in [0, 0.05) is 12.8 Å². The third-order valence-corrected chi connectivity index (χ3v) is 13.3. The predicted octanol–water partition coefficient (Wildman–Crippen LogP) is 18.0. The summed E-state index contributed by atoms with van der Waals surface area (Å²) in [5, 5.41) is 0. The van der Waals surface area contributed by atoms with Crippen molar-refractivity contribution in [3.8, 4) is 0 Å². The lowest BCUT2D eigenvalue weighted by Crippen LogP contribution is -2.37. The quantitative estimate of drug-likeness (QED) is 0.0195. The van der Waals surface area contributed by atoms with Crippen LogP contribution in [0.3, 0.4) is 0 Å². The fourth-order valence-electron chi connectivity index (χ4n) is 7.79. The van der Waals surface area contributed by atoms with Gasteiger partial charge in [-0.15, -0.1) is 0 Å². The van der Waals surface area contributed by atoms with Crippen LogP contribution in [0.15, 0.2) is 109 Å². The zero-order valence-corrected chi connectivity index (χ0v) is 48.9. The maximum atomic E-state index is 12.8. The van der Waals surface area contributed by atoms with Gasteiger partial charge in [0.15, 0.2) is 6.10 Å². The number of quaternary nitrogens is 1. The Balaban J connectivity index is 4.00. The molecule has 0 saturated heterocycles. The third-order valence-electron chi connectivity index (χ3n) is 12.3. The number of esters is 2. The van der Waals surface area contributed by atoms with Crippen molar-refractivity contribution >= 4 is 19.8 Å². The van der Waals surface area contributed by atoms with Crippen molar-refractivity contribution in [1.82, 2.24) is 0 Å². The van der Waals surface area contributed by atoms with Gasteiger partial charge in [0.25, 0.3) is 7.82 Å². The molecule has 0 N–H and O–H groups in total. The first kappa shape index (κ1) is 70.7. The van der Waals surface area contributed by atoms with Gasteiger partial charge in [0.2, 0.25) is 0 Å². The summed E-state index contributed by atoms with van der Waals surface area (Å²) in [5.41, 5.74) is 0. The summed E-state index contributed by atoms with van der Waals surface area (Å²) in [6.45, 7) is 3.97. The van der Waals surface area contributed by atoms with E-state index in [9.17, 15) is 19.0 Å². The molecule has 2 atom stereocenters. The van der Waals surface area contributed by atoms with Crippen molar-refractivity contribution in [1.29, 1.82) is 0 Å². The number of phosphoric acid groups is 1. The summed E-state index contributed by atoms with van der Waals surface area (Å²) < 4.78 is 34.0. The molecule has 0 aliphatic carbocycles. The van der Waals surface area contributed by atoms with E-state index in [4.69, 9.17) is 18.5 Å². The van der Waals surface area contributed by atoms with Gasteiger partial charge in [0.1, 0.15) is 19.8 Å². The zero-order valence-electron chi connectivity index (χ0n) is 48.0. The van der Waals surface area contributed by atoms with E-state index < -0.39 is 32.5 Å². The minimum Gasteiger partial charge on any atom is -0.756 e. The topological polar surface area (TPSA) is 111 Å². The molecule has 9 nitrogen and oxygen atoms in total. The van der Waals surface area contributed by atoms with Gasteiger partial charge < -0.3 is 27.9 Å². The summed E-state index contributed by atoms with van der Waals surface area (Å²) in [6, 6.07) is 0. The number of hydrogen-bond acceptors (Lipinski definition) is 8. The fraction of sp³-hybridized carbons (Fsp3) is 0.688. The van der Waals surface area contributed by atoms with Crippen LogP contribution in [0.25, 0.3) is 0 Å². The maximum Gasteiger partial charge on any atom is 0.306 e. The van der Waals surface area contributed by atoms with Crippen LogP contribution in [0, 0.1) is 0 Å². The third kappa shape index (κ3) is 57.9. The first-order valence-corrected chi connectivity index (χ1v) is 31.1. The van der Waals surface area contributed by atoms with E-state index in [1.807, 2.05) is 21.1 Å². The van der Waals surface area contributed by atoms with Crippen molar-refractivity contribution < 1.29 is 42.1 Å². The van der Waals surface area contributed by atoms with Gasteiger partial charge >= 0.3 is 11.9 Å². The molecule has 0 spiro atoms. The molecule has 2 unspecified atom stereocenters. The van der Waals surface area contributed by atoms with Crippen LogP contribution < -0.4 is 4.89 Å². The molecule has 0 heterocycles. The Morgan fingerprint density at radius 2 is 0.730 bits per heavy atom. The van der Waals surface area contributed by atoms with Crippen LogP contribution in [0.4, 0.5) is 0 Å². The van der Waals surface area contributed by atoms with Gasteiger partial charge in [0.05, 0.1) is 27.7 Å². The Labute approximate surface area is 455 Å². The number of rotatable bonds is 53. The SMILES string of the molecule is CC/C=C\C/C=C\C/C=C\C/C=C\C/C=C\C/C=C\CCCCCCCCCCCCCCCCCCCCC(=O)OC(COC(=O)CCCCC/C=C\C/C=C\C/C=C\CC)COP(=O)([O-])OCC[N+](C)(C)C. The zero-order chi connectivity index (χ0) is 54.2. The number of phosphoric ester groups is 1. The molecular weight excluding hydrogens is 942 g/mol. The number of allylic oxidation sites excluding steroid dienone is 18. The minimum atomic E-state index is -4.64. The number of ether oxygens (including phenoxy) is 2. The molecule has 424 valence electrons. The number of carbonyl (C=O) groups is 2. The Morgan fingerprint density at radius 1 is 0.419 bits per heavy atom.